The van der Waals surface area contributed by atoms with Gasteiger partial charge in [0.2, 0.25) is 0 Å². The summed E-state index contributed by atoms with van der Waals surface area (Å²) < 4.78 is 14.6. The SMILES string of the molecule is Nc1cc(F)ccc1NCCCn1ccnn1. The Labute approximate surface area is 98.4 Å². The van der Waals surface area contributed by atoms with Crippen molar-refractivity contribution < 1.29 is 4.39 Å². The molecule has 1 aromatic heterocycles. The van der Waals surface area contributed by atoms with Crippen LogP contribution in [-0.2, 0) is 6.54 Å². The van der Waals surface area contributed by atoms with E-state index in [1.807, 2.05) is 6.20 Å². The van der Waals surface area contributed by atoms with Crippen LogP contribution < -0.4 is 11.1 Å². The van der Waals surface area contributed by atoms with Crippen molar-refractivity contribution in [1.29, 1.82) is 0 Å². The van der Waals surface area contributed by atoms with E-state index in [4.69, 9.17) is 5.73 Å². The van der Waals surface area contributed by atoms with E-state index in [0.29, 0.717) is 5.69 Å². The van der Waals surface area contributed by atoms with Crippen molar-refractivity contribution in [2.75, 3.05) is 17.6 Å². The van der Waals surface area contributed by atoms with Gasteiger partial charge in [0.15, 0.2) is 0 Å². The van der Waals surface area contributed by atoms with Gasteiger partial charge < -0.3 is 11.1 Å². The standard InChI is InChI=1S/C11H14FN5/c12-9-2-3-11(10(13)8-9)14-4-1-6-17-7-5-15-16-17/h2-3,5,7-8,14H,1,4,6,13H2. The zero-order chi connectivity index (χ0) is 12.1. The Morgan fingerprint density at radius 3 is 3.00 bits per heavy atom. The maximum absolute atomic E-state index is 12.8. The van der Waals surface area contributed by atoms with Crippen LogP contribution in [0, 0.1) is 5.82 Å². The van der Waals surface area contributed by atoms with Crippen LogP contribution in [0.4, 0.5) is 15.8 Å². The van der Waals surface area contributed by atoms with Gasteiger partial charge in [-0.1, -0.05) is 5.21 Å². The average Bonchev–Trinajstić information content (AvgIpc) is 2.79. The van der Waals surface area contributed by atoms with E-state index in [1.165, 1.54) is 12.1 Å². The molecule has 0 atom stereocenters. The predicted octanol–water partition coefficient (Wildman–Crippen LogP) is 1.50. The number of aromatic nitrogens is 3. The third-order valence-electron chi connectivity index (χ3n) is 2.36. The fourth-order valence-electron chi connectivity index (χ4n) is 1.51. The van der Waals surface area contributed by atoms with E-state index in [1.54, 1.807) is 16.9 Å². The highest BCUT2D eigenvalue weighted by atomic mass is 19.1. The molecule has 2 rings (SSSR count). The highest BCUT2D eigenvalue weighted by molar-refractivity contribution is 5.65. The van der Waals surface area contributed by atoms with Crippen molar-refractivity contribution in [3.8, 4) is 0 Å². The molecule has 0 bridgehead atoms. The van der Waals surface area contributed by atoms with Gasteiger partial charge in [-0.15, -0.1) is 5.10 Å². The molecule has 0 saturated heterocycles. The Bertz CT molecular complexity index is 469. The van der Waals surface area contributed by atoms with Crippen LogP contribution in [0.25, 0.3) is 0 Å². The first kappa shape index (κ1) is 11.4. The quantitative estimate of drug-likeness (QED) is 0.608. The Morgan fingerprint density at radius 1 is 1.41 bits per heavy atom. The predicted molar refractivity (Wildman–Crippen MR) is 63.9 cm³/mol. The largest absolute Gasteiger partial charge is 0.397 e. The van der Waals surface area contributed by atoms with Gasteiger partial charge in [-0.3, -0.25) is 4.68 Å². The van der Waals surface area contributed by atoms with Crippen molar-refractivity contribution >= 4 is 11.4 Å². The Hall–Kier alpha value is -2.11. The summed E-state index contributed by atoms with van der Waals surface area (Å²) in [4.78, 5) is 0. The smallest absolute Gasteiger partial charge is 0.125 e. The summed E-state index contributed by atoms with van der Waals surface area (Å²) in [6.07, 6.45) is 4.35. The molecular formula is C11H14FN5. The highest BCUT2D eigenvalue weighted by Crippen LogP contribution is 2.18. The summed E-state index contributed by atoms with van der Waals surface area (Å²) in [5.41, 5.74) is 6.84. The number of halogens is 1. The number of nitrogens with two attached hydrogens (primary N) is 1. The minimum atomic E-state index is -0.323. The molecule has 0 radical (unpaired) electrons. The first-order valence-corrected chi connectivity index (χ1v) is 5.39. The summed E-state index contributed by atoms with van der Waals surface area (Å²) in [5.74, 6) is -0.323. The molecule has 90 valence electrons. The van der Waals surface area contributed by atoms with Gasteiger partial charge in [-0.25, -0.2) is 4.39 Å². The third-order valence-corrected chi connectivity index (χ3v) is 2.36. The van der Waals surface area contributed by atoms with E-state index in [2.05, 4.69) is 15.6 Å². The average molecular weight is 235 g/mol. The second-order valence-electron chi connectivity index (χ2n) is 3.68. The molecule has 0 unspecified atom stereocenters. The molecule has 1 heterocycles. The molecule has 0 saturated carbocycles. The number of rotatable bonds is 5. The van der Waals surface area contributed by atoms with E-state index in [0.717, 1.165) is 25.2 Å². The highest BCUT2D eigenvalue weighted by Gasteiger charge is 1.99. The second kappa shape index (κ2) is 5.29. The molecule has 6 heteroatoms. The molecule has 3 N–H and O–H groups in total. The Kier molecular flexibility index (Phi) is 3.54. The van der Waals surface area contributed by atoms with Crippen LogP contribution in [0.5, 0.6) is 0 Å². The molecule has 0 aliphatic heterocycles. The first-order chi connectivity index (χ1) is 8.25. The number of nitrogens with one attached hydrogen (secondary N) is 1. The number of nitrogens with zero attached hydrogens (tertiary/aromatic N) is 3. The summed E-state index contributed by atoms with van der Waals surface area (Å²) >= 11 is 0. The zero-order valence-corrected chi connectivity index (χ0v) is 9.31. The fourth-order valence-corrected chi connectivity index (χ4v) is 1.51. The van der Waals surface area contributed by atoms with Gasteiger partial charge in [-0.05, 0) is 24.6 Å². The number of aryl methyl sites for hydroxylation is 1. The molecule has 0 aliphatic rings. The van der Waals surface area contributed by atoms with Gasteiger partial charge in [0.25, 0.3) is 0 Å². The van der Waals surface area contributed by atoms with Crippen molar-refractivity contribution in [1.82, 2.24) is 15.0 Å². The van der Waals surface area contributed by atoms with Crippen LogP contribution in [0.2, 0.25) is 0 Å². The summed E-state index contributed by atoms with van der Waals surface area (Å²) in [6, 6.07) is 4.33. The number of hydrogen-bond donors (Lipinski definition) is 2. The van der Waals surface area contributed by atoms with Crippen molar-refractivity contribution in [3.05, 3.63) is 36.4 Å². The topological polar surface area (TPSA) is 68.8 Å². The van der Waals surface area contributed by atoms with Crippen LogP contribution in [0.3, 0.4) is 0 Å². The van der Waals surface area contributed by atoms with Gasteiger partial charge in [0, 0.05) is 19.3 Å². The van der Waals surface area contributed by atoms with E-state index in [-0.39, 0.29) is 5.82 Å². The first-order valence-electron chi connectivity index (χ1n) is 5.39. The third kappa shape index (κ3) is 3.17. The van der Waals surface area contributed by atoms with Gasteiger partial charge in [-0.2, -0.15) is 0 Å². The lowest BCUT2D eigenvalue weighted by atomic mass is 10.2. The number of anilines is 2. The van der Waals surface area contributed by atoms with Crippen LogP contribution in [-0.4, -0.2) is 21.5 Å². The number of benzene rings is 1. The Morgan fingerprint density at radius 2 is 2.29 bits per heavy atom. The van der Waals surface area contributed by atoms with Gasteiger partial charge in [0.05, 0.1) is 17.6 Å². The van der Waals surface area contributed by atoms with Crippen molar-refractivity contribution in [2.45, 2.75) is 13.0 Å². The monoisotopic (exact) mass is 235 g/mol. The van der Waals surface area contributed by atoms with E-state index in [9.17, 15) is 4.39 Å². The molecule has 17 heavy (non-hydrogen) atoms. The minimum absolute atomic E-state index is 0.323. The molecule has 2 aromatic rings. The van der Waals surface area contributed by atoms with Crippen LogP contribution in [0.15, 0.2) is 30.6 Å². The van der Waals surface area contributed by atoms with Crippen molar-refractivity contribution in [2.24, 2.45) is 0 Å². The normalized spacial score (nSPS) is 10.4. The molecule has 5 nitrogen and oxygen atoms in total. The van der Waals surface area contributed by atoms with Crippen molar-refractivity contribution in [3.63, 3.8) is 0 Å². The summed E-state index contributed by atoms with van der Waals surface area (Å²) in [7, 11) is 0. The van der Waals surface area contributed by atoms with Crippen LogP contribution in [0.1, 0.15) is 6.42 Å². The molecule has 0 amide bonds. The number of nitrogen functional groups attached to an aromatic ring is 1. The Balaban J connectivity index is 1.78. The van der Waals surface area contributed by atoms with Gasteiger partial charge in [0.1, 0.15) is 5.82 Å². The zero-order valence-electron chi connectivity index (χ0n) is 9.31. The molecule has 1 aromatic carbocycles. The lowest BCUT2D eigenvalue weighted by Crippen LogP contribution is -2.08. The molecule has 0 spiro atoms. The maximum atomic E-state index is 12.8. The summed E-state index contributed by atoms with van der Waals surface area (Å²) in [6.45, 7) is 1.53. The molecule has 0 fully saturated rings. The maximum Gasteiger partial charge on any atom is 0.125 e. The fraction of sp³-hybridized carbons (Fsp3) is 0.273. The minimum Gasteiger partial charge on any atom is -0.397 e. The molecular weight excluding hydrogens is 221 g/mol. The lowest BCUT2D eigenvalue weighted by Gasteiger charge is -2.08. The van der Waals surface area contributed by atoms with Gasteiger partial charge >= 0.3 is 0 Å². The lowest BCUT2D eigenvalue weighted by molar-refractivity contribution is 0.570. The number of hydrogen-bond acceptors (Lipinski definition) is 4. The van der Waals surface area contributed by atoms with E-state index >= 15 is 0 Å². The second-order valence-corrected chi connectivity index (χ2v) is 3.68. The van der Waals surface area contributed by atoms with Crippen LogP contribution >= 0.6 is 0 Å². The molecule has 0 aliphatic carbocycles. The van der Waals surface area contributed by atoms with E-state index < -0.39 is 0 Å². The summed E-state index contributed by atoms with van der Waals surface area (Å²) in [5, 5.41) is 10.7.